The molecule has 0 radical (unpaired) electrons. The summed E-state index contributed by atoms with van der Waals surface area (Å²) in [6, 6.07) is 15.4. The van der Waals surface area contributed by atoms with Gasteiger partial charge in [-0.1, -0.05) is 17.7 Å². The molecular formula is C22H21N3O2S2. The summed E-state index contributed by atoms with van der Waals surface area (Å²) in [5.41, 5.74) is 3.65. The average Bonchev–Trinajstić information content (AvgIpc) is 3.38. The molecule has 1 aliphatic heterocycles. The highest BCUT2D eigenvalue weighted by Gasteiger charge is 2.25. The Kier molecular flexibility index (Phi) is 5.87. The van der Waals surface area contributed by atoms with Gasteiger partial charge in [0.15, 0.2) is 5.13 Å². The van der Waals surface area contributed by atoms with Crippen LogP contribution in [-0.2, 0) is 0 Å². The smallest absolute Gasteiger partial charge is 0.258 e. The van der Waals surface area contributed by atoms with Crippen LogP contribution in [0, 0.1) is 6.92 Å². The number of thiazole rings is 1. The topological polar surface area (TPSA) is 54.5 Å². The number of benzene rings is 2. The Bertz CT molecular complexity index is 1030. The molecule has 1 aromatic heterocycles. The molecule has 0 unspecified atom stereocenters. The van der Waals surface area contributed by atoms with Crippen LogP contribution in [0.4, 0.5) is 10.8 Å². The SMILES string of the molecule is COc1ccc(Nc2nc(/C=C3/SCCN3C(=O)c3ccc(C)cc3)cs2)cc1. The zero-order chi connectivity index (χ0) is 20.2. The van der Waals surface area contributed by atoms with Gasteiger partial charge in [0.1, 0.15) is 5.75 Å². The van der Waals surface area contributed by atoms with Crippen molar-refractivity contribution >= 4 is 45.9 Å². The molecule has 29 heavy (non-hydrogen) atoms. The number of ether oxygens (including phenoxy) is 1. The molecule has 0 atom stereocenters. The predicted octanol–water partition coefficient (Wildman–Crippen LogP) is 5.39. The molecule has 1 fully saturated rings. The van der Waals surface area contributed by atoms with Gasteiger partial charge in [-0.15, -0.1) is 23.1 Å². The van der Waals surface area contributed by atoms with E-state index in [-0.39, 0.29) is 5.91 Å². The predicted molar refractivity (Wildman–Crippen MR) is 121 cm³/mol. The Labute approximate surface area is 178 Å². The number of aryl methyl sites for hydroxylation is 1. The monoisotopic (exact) mass is 423 g/mol. The Morgan fingerprint density at radius 1 is 1.17 bits per heavy atom. The summed E-state index contributed by atoms with van der Waals surface area (Å²) in [5.74, 6) is 1.75. The van der Waals surface area contributed by atoms with Crippen molar-refractivity contribution < 1.29 is 9.53 Å². The fourth-order valence-corrected chi connectivity index (χ4v) is 4.64. The first-order valence-corrected chi connectivity index (χ1v) is 11.1. The number of thioether (sulfide) groups is 1. The van der Waals surface area contributed by atoms with E-state index < -0.39 is 0 Å². The minimum atomic E-state index is 0.0352. The summed E-state index contributed by atoms with van der Waals surface area (Å²) in [4.78, 5) is 19.4. The number of nitrogens with zero attached hydrogens (tertiary/aromatic N) is 2. The van der Waals surface area contributed by atoms with Crippen molar-refractivity contribution in [2.75, 3.05) is 24.7 Å². The van der Waals surface area contributed by atoms with E-state index in [1.54, 1.807) is 18.9 Å². The Balaban J connectivity index is 1.48. The zero-order valence-electron chi connectivity index (χ0n) is 16.2. The van der Waals surface area contributed by atoms with Crippen molar-refractivity contribution in [2.24, 2.45) is 0 Å². The van der Waals surface area contributed by atoms with Crippen molar-refractivity contribution in [3.8, 4) is 5.75 Å². The van der Waals surface area contributed by atoms with E-state index in [0.717, 1.165) is 38.6 Å². The van der Waals surface area contributed by atoms with E-state index >= 15 is 0 Å². The normalized spacial score (nSPS) is 15.0. The number of anilines is 2. The lowest BCUT2D eigenvalue weighted by atomic mass is 10.1. The minimum absolute atomic E-state index is 0.0352. The summed E-state index contributed by atoms with van der Waals surface area (Å²) in [7, 11) is 1.65. The summed E-state index contributed by atoms with van der Waals surface area (Å²) in [5, 5.41) is 7.04. The third kappa shape index (κ3) is 4.63. The molecular weight excluding hydrogens is 402 g/mol. The van der Waals surface area contributed by atoms with Crippen molar-refractivity contribution in [3.05, 3.63) is 75.8 Å². The molecule has 148 valence electrons. The maximum Gasteiger partial charge on any atom is 0.258 e. The first kappa shape index (κ1) is 19.5. The van der Waals surface area contributed by atoms with Crippen LogP contribution in [0.3, 0.4) is 0 Å². The molecule has 7 heteroatoms. The number of nitrogens with one attached hydrogen (secondary N) is 1. The molecule has 0 spiro atoms. The molecule has 4 rings (SSSR count). The van der Waals surface area contributed by atoms with E-state index in [1.165, 1.54) is 11.3 Å². The maximum atomic E-state index is 12.9. The van der Waals surface area contributed by atoms with Crippen molar-refractivity contribution in [1.29, 1.82) is 0 Å². The van der Waals surface area contributed by atoms with Gasteiger partial charge in [-0.05, 0) is 49.4 Å². The highest BCUT2D eigenvalue weighted by Crippen LogP contribution is 2.32. The lowest BCUT2D eigenvalue weighted by molar-refractivity contribution is 0.0831. The fraction of sp³-hybridized carbons (Fsp3) is 0.182. The van der Waals surface area contributed by atoms with Crippen molar-refractivity contribution in [3.63, 3.8) is 0 Å². The zero-order valence-corrected chi connectivity index (χ0v) is 17.8. The van der Waals surface area contributed by atoms with Crippen LogP contribution in [0.5, 0.6) is 5.75 Å². The second kappa shape index (κ2) is 8.71. The summed E-state index contributed by atoms with van der Waals surface area (Å²) >= 11 is 3.22. The Hall–Kier alpha value is -2.77. The van der Waals surface area contributed by atoms with E-state index in [1.807, 2.05) is 71.8 Å². The van der Waals surface area contributed by atoms with Crippen molar-refractivity contribution in [2.45, 2.75) is 6.92 Å². The second-order valence-corrected chi connectivity index (χ2v) is 8.56. The molecule has 5 nitrogen and oxygen atoms in total. The molecule has 1 saturated heterocycles. The summed E-state index contributed by atoms with van der Waals surface area (Å²) in [6.07, 6.45) is 1.99. The van der Waals surface area contributed by atoms with Crippen LogP contribution in [0.25, 0.3) is 6.08 Å². The number of carbonyl (C=O) groups is 1. The average molecular weight is 424 g/mol. The Morgan fingerprint density at radius 2 is 1.93 bits per heavy atom. The van der Waals surface area contributed by atoms with Gasteiger partial charge in [-0.3, -0.25) is 4.79 Å². The maximum absolute atomic E-state index is 12.9. The van der Waals surface area contributed by atoms with Gasteiger partial charge in [0.2, 0.25) is 0 Å². The molecule has 2 heterocycles. The third-order valence-corrected chi connectivity index (χ3v) is 6.31. The number of rotatable bonds is 5. The molecule has 2 aromatic carbocycles. The van der Waals surface area contributed by atoms with Crippen molar-refractivity contribution in [1.82, 2.24) is 9.88 Å². The fourth-order valence-electron chi connectivity index (χ4n) is 2.94. The van der Waals surface area contributed by atoms with Gasteiger partial charge >= 0.3 is 0 Å². The van der Waals surface area contributed by atoms with Crippen LogP contribution >= 0.6 is 23.1 Å². The largest absolute Gasteiger partial charge is 0.497 e. The molecule has 3 aromatic rings. The Morgan fingerprint density at radius 3 is 2.66 bits per heavy atom. The highest BCUT2D eigenvalue weighted by atomic mass is 32.2. The lowest BCUT2D eigenvalue weighted by Gasteiger charge is -2.17. The number of hydrogen-bond donors (Lipinski definition) is 1. The van der Waals surface area contributed by atoms with Crippen LogP contribution < -0.4 is 10.1 Å². The minimum Gasteiger partial charge on any atom is -0.497 e. The van der Waals surface area contributed by atoms with Gasteiger partial charge in [-0.25, -0.2) is 4.98 Å². The molecule has 1 N–H and O–H groups in total. The van der Waals surface area contributed by atoms with E-state index in [2.05, 4.69) is 10.3 Å². The quantitative estimate of drug-likeness (QED) is 0.596. The van der Waals surface area contributed by atoms with Crippen LogP contribution in [-0.4, -0.2) is 35.2 Å². The van der Waals surface area contributed by atoms with E-state index in [9.17, 15) is 4.79 Å². The number of amides is 1. The second-order valence-electron chi connectivity index (χ2n) is 6.58. The van der Waals surface area contributed by atoms with Gasteiger partial charge in [-0.2, -0.15) is 0 Å². The first-order chi connectivity index (χ1) is 14.1. The summed E-state index contributed by atoms with van der Waals surface area (Å²) < 4.78 is 5.18. The van der Waals surface area contributed by atoms with Crippen LogP contribution in [0.1, 0.15) is 21.6 Å². The standard InChI is InChI=1S/C22H21N3O2S2/c1-15-3-5-16(6-4-15)21(26)25-11-12-28-20(25)13-18-14-29-22(24-18)23-17-7-9-19(27-2)10-8-17/h3-10,13-14H,11-12H2,1-2H3,(H,23,24)/b20-13+. The van der Waals surface area contributed by atoms with Gasteiger partial charge in [0.25, 0.3) is 5.91 Å². The van der Waals surface area contributed by atoms with E-state index in [4.69, 9.17) is 4.74 Å². The molecule has 1 amide bonds. The third-order valence-electron chi connectivity index (χ3n) is 4.51. The van der Waals surface area contributed by atoms with Gasteiger partial charge in [0.05, 0.1) is 17.8 Å². The number of methoxy groups -OCH3 is 1. The van der Waals surface area contributed by atoms with E-state index in [0.29, 0.717) is 12.1 Å². The van der Waals surface area contributed by atoms with Gasteiger partial charge in [0, 0.05) is 28.9 Å². The molecule has 1 aliphatic rings. The van der Waals surface area contributed by atoms with Crippen LogP contribution in [0.2, 0.25) is 0 Å². The molecule has 0 aliphatic carbocycles. The number of hydrogen-bond acceptors (Lipinski definition) is 6. The molecule has 0 saturated carbocycles. The van der Waals surface area contributed by atoms with Crippen LogP contribution in [0.15, 0.2) is 58.9 Å². The lowest BCUT2D eigenvalue weighted by Crippen LogP contribution is -2.26. The number of aromatic nitrogens is 1. The molecule has 0 bridgehead atoms. The highest BCUT2D eigenvalue weighted by molar-refractivity contribution is 8.03. The van der Waals surface area contributed by atoms with Gasteiger partial charge < -0.3 is 15.0 Å². The summed E-state index contributed by atoms with van der Waals surface area (Å²) in [6.45, 7) is 2.73. The first-order valence-electron chi connectivity index (χ1n) is 9.22. The number of carbonyl (C=O) groups excluding carboxylic acids is 1.